The number of para-hydroxylation sites is 1. The Morgan fingerprint density at radius 3 is 2.56 bits per heavy atom. The van der Waals surface area contributed by atoms with E-state index in [4.69, 9.17) is 9.84 Å². The second kappa shape index (κ2) is 10.00. The van der Waals surface area contributed by atoms with Crippen LogP contribution in [0.3, 0.4) is 0 Å². The highest BCUT2D eigenvalue weighted by Crippen LogP contribution is 2.23. The van der Waals surface area contributed by atoms with E-state index in [9.17, 15) is 0 Å². The van der Waals surface area contributed by atoms with Crippen LogP contribution in [0.15, 0.2) is 61.1 Å². The summed E-state index contributed by atoms with van der Waals surface area (Å²) in [4.78, 5) is 4.12. The number of pyridine rings is 1. The lowest BCUT2D eigenvalue weighted by Gasteiger charge is -2.08. The van der Waals surface area contributed by atoms with Crippen molar-refractivity contribution in [1.82, 2.24) is 20.1 Å². The highest BCUT2D eigenvalue weighted by atomic mass is 16.5. The van der Waals surface area contributed by atoms with E-state index in [1.807, 2.05) is 35.0 Å². The molecule has 0 saturated heterocycles. The summed E-state index contributed by atoms with van der Waals surface area (Å²) in [5.41, 5.74) is 4.27. The quantitative estimate of drug-likeness (QED) is 0.551. The van der Waals surface area contributed by atoms with Gasteiger partial charge in [-0.1, -0.05) is 32.0 Å². The molecule has 3 rings (SSSR count). The fourth-order valence-electron chi connectivity index (χ4n) is 2.79. The van der Waals surface area contributed by atoms with Gasteiger partial charge in [0.05, 0.1) is 18.0 Å². The summed E-state index contributed by atoms with van der Waals surface area (Å²) in [6.45, 7) is 7.55. The van der Waals surface area contributed by atoms with E-state index in [2.05, 4.69) is 42.5 Å². The Morgan fingerprint density at radius 2 is 1.81 bits per heavy atom. The van der Waals surface area contributed by atoms with Crippen molar-refractivity contribution in [3.8, 4) is 16.9 Å². The first-order valence-corrected chi connectivity index (χ1v) is 9.57. The fourth-order valence-corrected chi connectivity index (χ4v) is 2.79. The minimum atomic E-state index is 0.685. The Hall–Kier alpha value is -2.50. The summed E-state index contributed by atoms with van der Waals surface area (Å²) in [6.07, 6.45) is 6.81. The molecule has 0 saturated carbocycles. The van der Waals surface area contributed by atoms with Gasteiger partial charge in [-0.2, -0.15) is 5.10 Å². The van der Waals surface area contributed by atoms with Crippen molar-refractivity contribution in [3.63, 3.8) is 0 Å². The molecule has 2 heterocycles. The standard InChI is InChI=1S/C22H28N4O/c1-18(2)10-14-27-15-13-24-16-20-17-26(21-6-4-3-5-7-21)25-22(20)19-8-11-23-12-9-19/h3-9,11-12,17-18,24H,10,13-16H2,1-2H3. The molecule has 0 aliphatic carbocycles. The zero-order valence-electron chi connectivity index (χ0n) is 16.1. The maximum absolute atomic E-state index is 5.68. The number of hydrogen-bond donors (Lipinski definition) is 1. The Kier molecular flexibility index (Phi) is 7.13. The Morgan fingerprint density at radius 1 is 1.04 bits per heavy atom. The molecule has 5 heteroatoms. The summed E-state index contributed by atoms with van der Waals surface area (Å²) in [7, 11) is 0. The maximum Gasteiger partial charge on any atom is 0.0973 e. The molecule has 0 atom stereocenters. The van der Waals surface area contributed by atoms with E-state index in [1.165, 1.54) is 0 Å². The Balaban J connectivity index is 1.65. The zero-order valence-corrected chi connectivity index (χ0v) is 16.1. The molecular weight excluding hydrogens is 336 g/mol. The van der Waals surface area contributed by atoms with Crippen LogP contribution >= 0.6 is 0 Å². The van der Waals surface area contributed by atoms with Crippen LogP contribution in [0.5, 0.6) is 0 Å². The first kappa shape index (κ1) is 19.3. The van der Waals surface area contributed by atoms with Gasteiger partial charge in [-0.25, -0.2) is 4.68 Å². The second-order valence-electron chi connectivity index (χ2n) is 6.99. The monoisotopic (exact) mass is 364 g/mol. The third-order valence-electron chi connectivity index (χ3n) is 4.34. The molecule has 5 nitrogen and oxygen atoms in total. The van der Waals surface area contributed by atoms with E-state index < -0.39 is 0 Å². The van der Waals surface area contributed by atoms with Gasteiger partial charge in [0.15, 0.2) is 0 Å². The van der Waals surface area contributed by atoms with Crippen molar-refractivity contribution in [2.24, 2.45) is 5.92 Å². The van der Waals surface area contributed by atoms with E-state index >= 15 is 0 Å². The lowest BCUT2D eigenvalue weighted by molar-refractivity contribution is 0.125. The van der Waals surface area contributed by atoms with Gasteiger partial charge in [0, 0.05) is 49.4 Å². The van der Waals surface area contributed by atoms with Crippen LogP contribution in [0.1, 0.15) is 25.8 Å². The van der Waals surface area contributed by atoms with Crippen LogP contribution in [0.2, 0.25) is 0 Å². The predicted molar refractivity (Wildman–Crippen MR) is 109 cm³/mol. The third-order valence-corrected chi connectivity index (χ3v) is 4.34. The second-order valence-corrected chi connectivity index (χ2v) is 6.99. The van der Waals surface area contributed by atoms with Crippen molar-refractivity contribution in [2.45, 2.75) is 26.8 Å². The van der Waals surface area contributed by atoms with Gasteiger partial charge in [-0.05, 0) is 36.6 Å². The molecule has 0 spiro atoms. The molecule has 142 valence electrons. The SMILES string of the molecule is CC(C)CCOCCNCc1cn(-c2ccccc2)nc1-c1ccncc1. The molecule has 3 aromatic rings. The predicted octanol–water partition coefficient (Wildman–Crippen LogP) is 4.09. The van der Waals surface area contributed by atoms with E-state index in [0.29, 0.717) is 5.92 Å². The first-order valence-electron chi connectivity index (χ1n) is 9.57. The summed E-state index contributed by atoms with van der Waals surface area (Å²) in [6, 6.07) is 14.2. The normalized spacial score (nSPS) is 11.2. The van der Waals surface area contributed by atoms with Gasteiger partial charge in [0.25, 0.3) is 0 Å². The first-order chi connectivity index (χ1) is 13.2. The number of rotatable bonds is 10. The lowest BCUT2D eigenvalue weighted by atomic mass is 10.1. The highest BCUT2D eigenvalue weighted by Gasteiger charge is 2.12. The number of ether oxygens (including phenoxy) is 1. The van der Waals surface area contributed by atoms with Gasteiger partial charge < -0.3 is 10.1 Å². The van der Waals surface area contributed by atoms with Gasteiger partial charge >= 0.3 is 0 Å². The average Bonchev–Trinajstić information content (AvgIpc) is 3.12. The van der Waals surface area contributed by atoms with E-state index in [-0.39, 0.29) is 0 Å². The molecule has 2 aromatic heterocycles. The largest absolute Gasteiger partial charge is 0.380 e. The Bertz CT molecular complexity index is 800. The van der Waals surface area contributed by atoms with Crippen LogP contribution in [0.25, 0.3) is 16.9 Å². The van der Waals surface area contributed by atoms with Crippen LogP contribution in [-0.2, 0) is 11.3 Å². The summed E-state index contributed by atoms with van der Waals surface area (Å²) in [5.74, 6) is 0.685. The van der Waals surface area contributed by atoms with Crippen LogP contribution < -0.4 is 5.32 Å². The molecule has 1 aromatic carbocycles. The highest BCUT2D eigenvalue weighted by molar-refractivity contribution is 5.62. The molecule has 0 fully saturated rings. The van der Waals surface area contributed by atoms with Crippen molar-refractivity contribution in [3.05, 3.63) is 66.6 Å². The number of benzene rings is 1. The molecule has 1 N–H and O–H groups in total. The zero-order chi connectivity index (χ0) is 18.9. The van der Waals surface area contributed by atoms with Crippen molar-refractivity contribution in [2.75, 3.05) is 19.8 Å². The van der Waals surface area contributed by atoms with Crippen LogP contribution in [0.4, 0.5) is 0 Å². The van der Waals surface area contributed by atoms with Gasteiger partial charge in [-0.3, -0.25) is 4.98 Å². The van der Waals surface area contributed by atoms with Crippen molar-refractivity contribution >= 4 is 0 Å². The molecule has 0 radical (unpaired) electrons. The smallest absolute Gasteiger partial charge is 0.0973 e. The molecule has 0 bridgehead atoms. The number of nitrogens with zero attached hydrogens (tertiary/aromatic N) is 3. The van der Waals surface area contributed by atoms with Crippen molar-refractivity contribution < 1.29 is 4.74 Å². The van der Waals surface area contributed by atoms with Crippen LogP contribution in [-0.4, -0.2) is 34.5 Å². The van der Waals surface area contributed by atoms with Gasteiger partial charge in [0.2, 0.25) is 0 Å². The number of aromatic nitrogens is 3. The molecule has 27 heavy (non-hydrogen) atoms. The number of hydrogen-bond acceptors (Lipinski definition) is 4. The van der Waals surface area contributed by atoms with E-state index in [1.54, 1.807) is 12.4 Å². The fraction of sp³-hybridized carbons (Fsp3) is 0.364. The summed E-state index contributed by atoms with van der Waals surface area (Å²) < 4.78 is 7.62. The Labute approximate surface area is 161 Å². The molecule has 0 amide bonds. The van der Waals surface area contributed by atoms with Crippen LogP contribution in [0, 0.1) is 5.92 Å². The van der Waals surface area contributed by atoms with E-state index in [0.717, 1.165) is 55.2 Å². The van der Waals surface area contributed by atoms with Gasteiger partial charge in [-0.15, -0.1) is 0 Å². The summed E-state index contributed by atoms with van der Waals surface area (Å²) in [5, 5.41) is 8.29. The lowest BCUT2D eigenvalue weighted by Crippen LogP contribution is -2.19. The minimum absolute atomic E-state index is 0.685. The third kappa shape index (κ3) is 5.74. The average molecular weight is 364 g/mol. The topological polar surface area (TPSA) is 52.0 Å². The minimum Gasteiger partial charge on any atom is -0.380 e. The van der Waals surface area contributed by atoms with Gasteiger partial charge in [0.1, 0.15) is 0 Å². The van der Waals surface area contributed by atoms with Crippen molar-refractivity contribution in [1.29, 1.82) is 0 Å². The number of nitrogens with one attached hydrogen (secondary N) is 1. The molecular formula is C22H28N4O. The molecule has 0 aliphatic rings. The molecule has 0 unspecified atom stereocenters. The molecule has 0 aliphatic heterocycles. The maximum atomic E-state index is 5.68. The summed E-state index contributed by atoms with van der Waals surface area (Å²) >= 11 is 0.